The summed E-state index contributed by atoms with van der Waals surface area (Å²) >= 11 is 0. The van der Waals surface area contributed by atoms with Gasteiger partial charge in [-0.2, -0.15) is 0 Å². The summed E-state index contributed by atoms with van der Waals surface area (Å²) in [6, 6.07) is -1.37. The molecule has 2 fully saturated rings. The van der Waals surface area contributed by atoms with Crippen LogP contribution in [-0.4, -0.2) is 50.2 Å². The molecule has 8 heteroatoms. The second-order valence-corrected chi connectivity index (χ2v) is 5.81. The number of hydrogen-bond acceptors (Lipinski definition) is 6. The van der Waals surface area contributed by atoms with Gasteiger partial charge in [-0.25, -0.2) is 9.59 Å². The lowest BCUT2D eigenvalue weighted by molar-refractivity contribution is -0.159. The van der Waals surface area contributed by atoms with Gasteiger partial charge in [0.1, 0.15) is 0 Å². The fraction of sp³-hybridized carbons (Fsp3) is 0.800. The number of esters is 2. The van der Waals surface area contributed by atoms with Gasteiger partial charge in [-0.1, -0.05) is 0 Å². The SMILES string of the molecule is CCOC(=O)C(NC(=O)C1CC12CCNCC2)C(=O)OCC.Cl. The Morgan fingerprint density at radius 2 is 1.65 bits per heavy atom. The van der Waals surface area contributed by atoms with Crippen LogP contribution >= 0.6 is 12.4 Å². The van der Waals surface area contributed by atoms with Crippen molar-refractivity contribution in [1.82, 2.24) is 10.6 Å². The van der Waals surface area contributed by atoms with Gasteiger partial charge >= 0.3 is 11.9 Å². The maximum atomic E-state index is 12.4. The van der Waals surface area contributed by atoms with Gasteiger partial charge in [-0.15, -0.1) is 12.4 Å². The Morgan fingerprint density at radius 1 is 1.13 bits per heavy atom. The molecule has 7 nitrogen and oxygen atoms in total. The molecule has 132 valence electrons. The van der Waals surface area contributed by atoms with E-state index in [1.807, 2.05) is 0 Å². The van der Waals surface area contributed by atoms with Crippen molar-refractivity contribution in [2.24, 2.45) is 11.3 Å². The van der Waals surface area contributed by atoms with Crippen LogP contribution in [0.4, 0.5) is 0 Å². The number of carbonyl (C=O) groups excluding carboxylic acids is 3. The summed E-state index contributed by atoms with van der Waals surface area (Å²) in [6.07, 6.45) is 2.72. The minimum atomic E-state index is -1.37. The fourth-order valence-corrected chi connectivity index (χ4v) is 3.10. The number of carbonyl (C=O) groups is 3. The molecule has 2 rings (SSSR count). The molecule has 2 N–H and O–H groups in total. The molecule has 1 amide bonds. The third kappa shape index (κ3) is 4.57. The Morgan fingerprint density at radius 3 is 2.13 bits per heavy atom. The number of rotatable bonds is 6. The molecule has 1 atom stereocenters. The third-order valence-corrected chi connectivity index (χ3v) is 4.44. The van der Waals surface area contributed by atoms with Crippen molar-refractivity contribution in [3.8, 4) is 0 Å². The van der Waals surface area contributed by atoms with E-state index >= 15 is 0 Å². The van der Waals surface area contributed by atoms with E-state index in [0.717, 1.165) is 32.4 Å². The monoisotopic (exact) mass is 348 g/mol. The molecular weight excluding hydrogens is 324 g/mol. The second kappa shape index (κ2) is 8.49. The number of piperidine rings is 1. The fourth-order valence-electron chi connectivity index (χ4n) is 3.10. The second-order valence-electron chi connectivity index (χ2n) is 5.81. The van der Waals surface area contributed by atoms with E-state index in [0.29, 0.717) is 0 Å². The van der Waals surface area contributed by atoms with Crippen molar-refractivity contribution >= 4 is 30.3 Å². The zero-order chi connectivity index (χ0) is 16.2. The molecule has 1 heterocycles. The summed E-state index contributed by atoms with van der Waals surface area (Å²) in [5, 5.41) is 5.78. The normalized spacial score (nSPS) is 21.3. The standard InChI is InChI=1S/C15H24N2O5.ClH/c1-3-21-13(19)11(14(20)22-4-2)17-12(18)10-9-15(10)5-7-16-8-6-15;/h10-11,16H,3-9H2,1-2H3,(H,17,18);1H. The van der Waals surface area contributed by atoms with Crippen LogP contribution in [0.3, 0.4) is 0 Å². The number of ether oxygens (including phenoxy) is 2. The van der Waals surface area contributed by atoms with Gasteiger partial charge < -0.3 is 20.1 Å². The van der Waals surface area contributed by atoms with Crippen LogP contribution in [-0.2, 0) is 23.9 Å². The largest absolute Gasteiger partial charge is 0.464 e. The van der Waals surface area contributed by atoms with Crippen molar-refractivity contribution in [3.63, 3.8) is 0 Å². The van der Waals surface area contributed by atoms with Crippen LogP contribution in [0.2, 0.25) is 0 Å². The highest BCUT2D eigenvalue weighted by atomic mass is 35.5. The lowest BCUT2D eigenvalue weighted by Gasteiger charge is -2.23. The van der Waals surface area contributed by atoms with Gasteiger partial charge in [-0.05, 0) is 51.6 Å². The number of hydrogen-bond donors (Lipinski definition) is 2. The molecule has 0 radical (unpaired) electrons. The summed E-state index contributed by atoms with van der Waals surface area (Å²) < 4.78 is 9.69. The van der Waals surface area contributed by atoms with E-state index < -0.39 is 18.0 Å². The smallest absolute Gasteiger partial charge is 0.340 e. The average Bonchev–Trinajstić information content (AvgIpc) is 3.19. The summed E-state index contributed by atoms with van der Waals surface area (Å²) in [6.45, 7) is 5.39. The molecular formula is C15H25ClN2O5. The summed E-state index contributed by atoms with van der Waals surface area (Å²) in [5.41, 5.74) is 0.0448. The summed E-state index contributed by atoms with van der Waals surface area (Å²) in [7, 11) is 0. The Labute approximate surface area is 142 Å². The minimum Gasteiger partial charge on any atom is -0.464 e. The maximum absolute atomic E-state index is 12.4. The molecule has 0 aromatic rings. The molecule has 1 aliphatic heterocycles. The van der Waals surface area contributed by atoms with Crippen molar-refractivity contribution in [1.29, 1.82) is 0 Å². The van der Waals surface area contributed by atoms with E-state index in [2.05, 4.69) is 10.6 Å². The number of nitrogens with one attached hydrogen (secondary N) is 2. The summed E-state index contributed by atoms with van der Waals surface area (Å²) in [5.74, 6) is -1.92. The molecule has 1 spiro atoms. The van der Waals surface area contributed by atoms with Crippen LogP contribution in [0.1, 0.15) is 33.1 Å². The molecule has 0 bridgehead atoms. The lowest BCUT2D eigenvalue weighted by atomic mass is 9.91. The van der Waals surface area contributed by atoms with Crippen molar-refractivity contribution in [2.75, 3.05) is 26.3 Å². The Bertz CT molecular complexity index is 433. The molecule has 1 saturated heterocycles. The van der Waals surface area contributed by atoms with Crippen LogP contribution < -0.4 is 10.6 Å². The van der Waals surface area contributed by atoms with Gasteiger partial charge in [0.05, 0.1) is 13.2 Å². The summed E-state index contributed by atoms with van der Waals surface area (Å²) in [4.78, 5) is 36.1. The zero-order valence-electron chi connectivity index (χ0n) is 13.6. The van der Waals surface area contributed by atoms with Crippen LogP contribution in [0.15, 0.2) is 0 Å². The van der Waals surface area contributed by atoms with Crippen LogP contribution in [0.25, 0.3) is 0 Å². The van der Waals surface area contributed by atoms with Gasteiger partial charge in [0, 0.05) is 5.92 Å². The predicted molar refractivity (Wildman–Crippen MR) is 85.1 cm³/mol. The first-order valence-corrected chi connectivity index (χ1v) is 7.88. The number of amides is 1. The Hall–Kier alpha value is -1.34. The molecule has 0 aromatic heterocycles. The van der Waals surface area contributed by atoms with Crippen LogP contribution in [0.5, 0.6) is 0 Å². The lowest BCUT2D eigenvalue weighted by Crippen LogP contribution is -2.49. The van der Waals surface area contributed by atoms with E-state index in [9.17, 15) is 14.4 Å². The topological polar surface area (TPSA) is 93.7 Å². The van der Waals surface area contributed by atoms with E-state index in [1.165, 1.54) is 0 Å². The van der Waals surface area contributed by atoms with Crippen molar-refractivity contribution in [2.45, 2.75) is 39.2 Å². The molecule has 23 heavy (non-hydrogen) atoms. The third-order valence-electron chi connectivity index (χ3n) is 4.44. The Balaban J connectivity index is 0.00000264. The highest BCUT2D eigenvalue weighted by Gasteiger charge is 2.58. The predicted octanol–water partition coefficient (Wildman–Crippen LogP) is 0.409. The van der Waals surface area contributed by atoms with E-state index in [1.54, 1.807) is 13.8 Å². The first-order chi connectivity index (χ1) is 10.5. The van der Waals surface area contributed by atoms with Crippen molar-refractivity contribution in [3.05, 3.63) is 0 Å². The zero-order valence-corrected chi connectivity index (χ0v) is 14.4. The van der Waals surface area contributed by atoms with Gasteiger partial charge in [0.25, 0.3) is 0 Å². The quantitative estimate of drug-likeness (QED) is 0.533. The van der Waals surface area contributed by atoms with Gasteiger partial charge in [0.2, 0.25) is 11.9 Å². The molecule has 1 saturated carbocycles. The molecule has 0 aromatic carbocycles. The molecule has 2 aliphatic rings. The van der Waals surface area contributed by atoms with Gasteiger partial charge in [0.15, 0.2) is 0 Å². The first-order valence-electron chi connectivity index (χ1n) is 7.88. The highest BCUT2D eigenvalue weighted by molar-refractivity contribution is 6.03. The molecule has 1 aliphatic carbocycles. The Kier molecular flexibility index (Phi) is 7.28. The van der Waals surface area contributed by atoms with E-state index in [4.69, 9.17) is 9.47 Å². The maximum Gasteiger partial charge on any atom is 0.340 e. The average molecular weight is 349 g/mol. The van der Waals surface area contributed by atoms with E-state index in [-0.39, 0.29) is 42.9 Å². The van der Waals surface area contributed by atoms with Crippen LogP contribution in [0, 0.1) is 11.3 Å². The number of halogens is 1. The van der Waals surface area contributed by atoms with Gasteiger partial charge in [-0.3, -0.25) is 4.79 Å². The van der Waals surface area contributed by atoms with Crippen molar-refractivity contribution < 1.29 is 23.9 Å². The minimum absolute atomic E-state index is 0. The molecule has 1 unspecified atom stereocenters. The first kappa shape index (κ1) is 19.7. The highest BCUT2D eigenvalue weighted by Crippen LogP contribution is 2.58.